The lowest BCUT2D eigenvalue weighted by molar-refractivity contribution is 0.963. The Labute approximate surface area is 97.8 Å². The number of benzene rings is 1. The van der Waals surface area contributed by atoms with Gasteiger partial charge < -0.3 is 0 Å². The molecule has 0 spiro atoms. The summed E-state index contributed by atoms with van der Waals surface area (Å²) in [6.45, 7) is 0. The summed E-state index contributed by atoms with van der Waals surface area (Å²) in [5.41, 5.74) is 3.48. The van der Waals surface area contributed by atoms with Crippen LogP contribution >= 0.6 is 0 Å². The van der Waals surface area contributed by atoms with E-state index in [1.54, 1.807) is 10.6 Å². The zero-order chi connectivity index (χ0) is 11.7. The third-order valence-corrected chi connectivity index (χ3v) is 2.60. The van der Waals surface area contributed by atoms with Gasteiger partial charge in [-0.2, -0.15) is 10.4 Å². The lowest BCUT2D eigenvalue weighted by Crippen LogP contribution is -1.88. The first-order valence-corrected chi connectivity index (χ1v) is 5.17. The van der Waals surface area contributed by atoms with E-state index in [1.807, 2.05) is 36.5 Å². The van der Waals surface area contributed by atoms with Crippen LogP contribution in [-0.2, 0) is 0 Å². The van der Waals surface area contributed by atoms with E-state index < -0.39 is 0 Å². The summed E-state index contributed by atoms with van der Waals surface area (Å²) in [6, 6.07) is 13.5. The van der Waals surface area contributed by atoms with Gasteiger partial charge in [-0.05, 0) is 29.8 Å². The third-order valence-electron chi connectivity index (χ3n) is 2.60. The third kappa shape index (κ3) is 1.64. The highest BCUT2D eigenvalue weighted by atomic mass is 15.3. The molecule has 4 heteroatoms. The van der Waals surface area contributed by atoms with Crippen LogP contribution in [0.1, 0.15) is 5.56 Å². The van der Waals surface area contributed by atoms with Crippen LogP contribution in [-0.4, -0.2) is 14.6 Å². The van der Waals surface area contributed by atoms with E-state index in [0.717, 1.165) is 16.8 Å². The van der Waals surface area contributed by atoms with E-state index in [1.165, 1.54) is 6.33 Å². The minimum atomic E-state index is 0.654. The van der Waals surface area contributed by atoms with Crippen molar-refractivity contribution in [2.45, 2.75) is 0 Å². The Morgan fingerprint density at radius 1 is 1.12 bits per heavy atom. The molecule has 80 valence electrons. The second kappa shape index (κ2) is 3.72. The molecule has 1 aromatic carbocycles. The molecule has 3 aromatic rings. The summed E-state index contributed by atoms with van der Waals surface area (Å²) in [5.74, 6) is 0. The maximum absolute atomic E-state index is 8.87. The summed E-state index contributed by atoms with van der Waals surface area (Å²) in [7, 11) is 0. The Bertz CT molecular complexity index is 721. The second-order valence-corrected chi connectivity index (χ2v) is 3.67. The molecule has 3 rings (SSSR count). The molecule has 0 amide bonds. The number of hydrogen-bond acceptors (Lipinski definition) is 3. The molecule has 17 heavy (non-hydrogen) atoms. The predicted octanol–water partition coefficient (Wildman–Crippen LogP) is 2.27. The van der Waals surface area contributed by atoms with E-state index in [9.17, 15) is 0 Å². The largest absolute Gasteiger partial charge is 0.221 e. The molecule has 0 atom stereocenters. The van der Waals surface area contributed by atoms with Crippen LogP contribution in [0.5, 0.6) is 0 Å². The van der Waals surface area contributed by atoms with Crippen LogP contribution in [0.25, 0.3) is 16.8 Å². The zero-order valence-electron chi connectivity index (χ0n) is 8.91. The summed E-state index contributed by atoms with van der Waals surface area (Å²) < 4.78 is 1.72. The fourth-order valence-electron chi connectivity index (χ4n) is 1.76. The minimum absolute atomic E-state index is 0.654. The highest BCUT2D eigenvalue weighted by Crippen LogP contribution is 2.20. The van der Waals surface area contributed by atoms with Crippen molar-refractivity contribution >= 4 is 5.65 Å². The summed E-state index contributed by atoms with van der Waals surface area (Å²) in [5, 5.41) is 13.0. The molecular weight excluding hydrogens is 212 g/mol. The van der Waals surface area contributed by atoms with Gasteiger partial charge in [0.05, 0.1) is 11.6 Å². The maximum Gasteiger partial charge on any atom is 0.155 e. The van der Waals surface area contributed by atoms with Gasteiger partial charge in [-0.3, -0.25) is 0 Å². The van der Waals surface area contributed by atoms with Gasteiger partial charge in [0, 0.05) is 11.8 Å². The Morgan fingerprint density at radius 2 is 2.06 bits per heavy atom. The van der Waals surface area contributed by atoms with Gasteiger partial charge in [-0.15, -0.1) is 0 Å². The molecule has 0 aliphatic heterocycles. The highest BCUT2D eigenvalue weighted by molar-refractivity contribution is 5.65. The van der Waals surface area contributed by atoms with Crippen LogP contribution in [0, 0.1) is 11.3 Å². The molecular formula is C13H8N4. The quantitative estimate of drug-likeness (QED) is 0.632. The van der Waals surface area contributed by atoms with Crippen molar-refractivity contribution in [3.05, 3.63) is 54.5 Å². The molecule has 2 heterocycles. The van der Waals surface area contributed by atoms with E-state index in [0.29, 0.717) is 5.56 Å². The number of aromatic nitrogens is 3. The fraction of sp³-hybridized carbons (Fsp3) is 0. The fourth-order valence-corrected chi connectivity index (χ4v) is 1.76. The predicted molar refractivity (Wildman–Crippen MR) is 63.1 cm³/mol. The maximum atomic E-state index is 8.87. The van der Waals surface area contributed by atoms with Gasteiger partial charge in [-0.25, -0.2) is 9.50 Å². The Hall–Kier alpha value is -2.67. The number of fused-ring (bicyclic) bond motifs is 1. The lowest BCUT2D eigenvalue weighted by atomic mass is 10.1. The van der Waals surface area contributed by atoms with E-state index in [2.05, 4.69) is 16.2 Å². The van der Waals surface area contributed by atoms with Crippen molar-refractivity contribution in [1.29, 1.82) is 5.26 Å². The number of pyridine rings is 1. The van der Waals surface area contributed by atoms with E-state index >= 15 is 0 Å². The van der Waals surface area contributed by atoms with Gasteiger partial charge in [0.2, 0.25) is 0 Å². The summed E-state index contributed by atoms with van der Waals surface area (Å²) >= 11 is 0. The zero-order valence-corrected chi connectivity index (χ0v) is 8.91. The first-order valence-electron chi connectivity index (χ1n) is 5.17. The van der Waals surface area contributed by atoms with Crippen molar-refractivity contribution in [3.8, 4) is 17.2 Å². The highest BCUT2D eigenvalue weighted by Gasteiger charge is 2.01. The molecule has 2 aromatic heterocycles. The SMILES string of the molecule is N#Cc1cccc(-c2ccc3ncnn3c2)c1. The Balaban J connectivity index is 2.16. The van der Waals surface area contributed by atoms with Crippen LogP contribution < -0.4 is 0 Å². The molecule has 0 fully saturated rings. The van der Waals surface area contributed by atoms with E-state index in [4.69, 9.17) is 5.26 Å². The smallest absolute Gasteiger partial charge is 0.155 e. The molecule has 0 saturated heterocycles. The second-order valence-electron chi connectivity index (χ2n) is 3.67. The molecule has 0 saturated carbocycles. The van der Waals surface area contributed by atoms with Gasteiger partial charge in [0.1, 0.15) is 6.33 Å². The van der Waals surface area contributed by atoms with Crippen molar-refractivity contribution in [1.82, 2.24) is 14.6 Å². The van der Waals surface area contributed by atoms with Crippen molar-refractivity contribution in [3.63, 3.8) is 0 Å². The average molecular weight is 220 g/mol. The minimum Gasteiger partial charge on any atom is -0.221 e. The average Bonchev–Trinajstić information content (AvgIpc) is 2.86. The molecule has 0 aliphatic rings. The van der Waals surface area contributed by atoms with Crippen molar-refractivity contribution in [2.24, 2.45) is 0 Å². The first-order chi connectivity index (χ1) is 8.36. The number of nitrogens with zero attached hydrogens (tertiary/aromatic N) is 4. The standard InChI is InChI=1S/C13H8N4/c14-7-10-2-1-3-11(6-10)12-4-5-13-15-9-16-17(13)8-12/h1-6,8-9H. The normalized spacial score (nSPS) is 10.3. The molecule has 0 radical (unpaired) electrons. The first kappa shape index (κ1) is 9.55. The van der Waals surface area contributed by atoms with Gasteiger partial charge in [0.25, 0.3) is 0 Å². The molecule has 4 nitrogen and oxygen atoms in total. The summed E-state index contributed by atoms with van der Waals surface area (Å²) in [6.07, 6.45) is 3.42. The van der Waals surface area contributed by atoms with Gasteiger partial charge in [0.15, 0.2) is 5.65 Å². The van der Waals surface area contributed by atoms with E-state index in [-0.39, 0.29) is 0 Å². The van der Waals surface area contributed by atoms with Crippen LogP contribution in [0.2, 0.25) is 0 Å². The van der Waals surface area contributed by atoms with Crippen LogP contribution in [0.3, 0.4) is 0 Å². The summed E-state index contributed by atoms with van der Waals surface area (Å²) in [4.78, 5) is 4.09. The van der Waals surface area contributed by atoms with Crippen LogP contribution in [0.4, 0.5) is 0 Å². The number of rotatable bonds is 1. The number of nitriles is 1. The Kier molecular flexibility index (Phi) is 2.09. The number of hydrogen-bond donors (Lipinski definition) is 0. The molecule has 0 N–H and O–H groups in total. The van der Waals surface area contributed by atoms with Crippen molar-refractivity contribution < 1.29 is 0 Å². The van der Waals surface area contributed by atoms with Gasteiger partial charge >= 0.3 is 0 Å². The monoisotopic (exact) mass is 220 g/mol. The van der Waals surface area contributed by atoms with Gasteiger partial charge in [-0.1, -0.05) is 12.1 Å². The van der Waals surface area contributed by atoms with Crippen molar-refractivity contribution in [2.75, 3.05) is 0 Å². The topological polar surface area (TPSA) is 54.0 Å². The molecule has 0 unspecified atom stereocenters. The molecule has 0 aliphatic carbocycles. The lowest BCUT2D eigenvalue weighted by Gasteiger charge is -2.02. The van der Waals surface area contributed by atoms with Crippen LogP contribution in [0.15, 0.2) is 48.9 Å². The Morgan fingerprint density at radius 3 is 2.94 bits per heavy atom. The molecule has 0 bridgehead atoms.